The zero-order valence-electron chi connectivity index (χ0n) is 24.8. The minimum absolute atomic E-state index is 0.00338. The predicted octanol–water partition coefficient (Wildman–Crippen LogP) is 6.58. The van der Waals surface area contributed by atoms with E-state index in [2.05, 4.69) is 5.32 Å². The van der Waals surface area contributed by atoms with Crippen molar-refractivity contribution in [2.24, 2.45) is 0 Å². The summed E-state index contributed by atoms with van der Waals surface area (Å²) in [7, 11) is -4.17. The van der Waals surface area contributed by atoms with Gasteiger partial charge in [0.2, 0.25) is 11.8 Å². The molecule has 1 N–H and O–H groups in total. The molecule has 1 atom stereocenters. The molecule has 0 aromatic heterocycles. The standard InChI is InChI=1S/C34H35Cl2N3O4S/c1-4-37-34(41)32(21-26-10-6-5-7-11-26)38(22-27-15-18-30(35)31(36)20-27)33(40)23-39(28-12-8-9-25(3)19-28)44(42,43)29-16-13-24(2)14-17-29/h5-20,32H,4,21-23H2,1-3H3,(H,37,41)/t32-/m1/s1. The first-order chi connectivity index (χ1) is 21.0. The molecule has 4 aromatic rings. The van der Waals surface area contributed by atoms with Crippen molar-refractivity contribution < 1.29 is 18.0 Å². The third kappa shape index (κ3) is 8.20. The highest BCUT2D eigenvalue weighted by Gasteiger charge is 2.34. The molecule has 0 spiro atoms. The molecule has 4 aromatic carbocycles. The van der Waals surface area contributed by atoms with Crippen LogP contribution in [0.2, 0.25) is 10.0 Å². The number of benzene rings is 4. The monoisotopic (exact) mass is 651 g/mol. The number of hydrogen-bond donors (Lipinski definition) is 1. The average molecular weight is 653 g/mol. The lowest BCUT2D eigenvalue weighted by atomic mass is 10.0. The largest absolute Gasteiger partial charge is 0.355 e. The Labute approximate surface area is 269 Å². The molecule has 4 rings (SSSR count). The number of carbonyl (C=O) groups is 2. The van der Waals surface area contributed by atoms with E-state index in [-0.39, 0.29) is 23.8 Å². The molecule has 0 aliphatic heterocycles. The quantitative estimate of drug-likeness (QED) is 0.187. The van der Waals surface area contributed by atoms with E-state index < -0.39 is 28.5 Å². The van der Waals surface area contributed by atoms with Gasteiger partial charge in [-0.25, -0.2) is 8.42 Å². The number of hydrogen-bond acceptors (Lipinski definition) is 4. The molecular weight excluding hydrogens is 617 g/mol. The number of sulfonamides is 1. The fourth-order valence-corrected chi connectivity index (χ4v) is 6.56. The number of halogens is 2. The molecule has 10 heteroatoms. The van der Waals surface area contributed by atoms with Gasteiger partial charge in [0, 0.05) is 19.5 Å². The highest BCUT2D eigenvalue weighted by atomic mass is 35.5. The third-order valence-corrected chi connectivity index (χ3v) is 9.66. The van der Waals surface area contributed by atoms with E-state index in [9.17, 15) is 18.0 Å². The summed E-state index contributed by atoms with van der Waals surface area (Å²) in [5.74, 6) is -0.909. The highest BCUT2D eigenvalue weighted by Crippen LogP contribution is 2.27. The zero-order valence-corrected chi connectivity index (χ0v) is 27.2. The number of rotatable bonds is 12. The van der Waals surface area contributed by atoms with Gasteiger partial charge in [0.1, 0.15) is 12.6 Å². The number of carbonyl (C=O) groups excluding carboxylic acids is 2. The van der Waals surface area contributed by atoms with Gasteiger partial charge in [-0.1, -0.05) is 89.4 Å². The summed E-state index contributed by atoms with van der Waals surface area (Å²) in [6.45, 7) is 5.34. The van der Waals surface area contributed by atoms with Gasteiger partial charge in [-0.15, -0.1) is 0 Å². The predicted molar refractivity (Wildman–Crippen MR) is 177 cm³/mol. The fraction of sp³-hybridized carbons (Fsp3) is 0.235. The molecule has 0 fully saturated rings. The summed E-state index contributed by atoms with van der Waals surface area (Å²) < 4.78 is 29.3. The lowest BCUT2D eigenvalue weighted by Crippen LogP contribution is -2.53. The number of nitrogens with one attached hydrogen (secondary N) is 1. The van der Waals surface area contributed by atoms with Gasteiger partial charge in [-0.3, -0.25) is 13.9 Å². The molecule has 44 heavy (non-hydrogen) atoms. The SMILES string of the molecule is CCNC(=O)[C@@H](Cc1ccccc1)N(Cc1ccc(Cl)c(Cl)c1)C(=O)CN(c1cccc(C)c1)S(=O)(=O)c1ccc(C)cc1. The molecule has 0 unspecified atom stereocenters. The molecule has 0 aliphatic rings. The van der Waals surface area contributed by atoms with Crippen molar-refractivity contribution in [2.45, 2.75) is 44.7 Å². The number of anilines is 1. The molecule has 7 nitrogen and oxygen atoms in total. The van der Waals surface area contributed by atoms with Crippen molar-refractivity contribution in [3.63, 3.8) is 0 Å². The van der Waals surface area contributed by atoms with Crippen LogP contribution in [0.3, 0.4) is 0 Å². The molecule has 0 saturated carbocycles. The van der Waals surface area contributed by atoms with Crippen LogP contribution in [0.25, 0.3) is 0 Å². The number of nitrogens with zero attached hydrogens (tertiary/aromatic N) is 2. The topological polar surface area (TPSA) is 86.8 Å². The van der Waals surface area contributed by atoms with Crippen LogP contribution < -0.4 is 9.62 Å². The maximum Gasteiger partial charge on any atom is 0.264 e. The van der Waals surface area contributed by atoms with Gasteiger partial charge < -0.3 is 10.2 Å². The minimum Gasteiger partial charge on any atom is -0.355 e. The van der Waals surface area contributed by atoms with Crippen LogP contribution in [0.4, 0.5) is 5.69 Å². The number of amides is 2. The first-order valence-electron chi connectivity index (χ1n) is 14.2. The second kappa shape index (κ2) is 14.8. The Balaban J connectivity index is 1.81. The van der Waals surface area contributed by atoms with Crippen molar-refractivity contribution in [3.8, 4) is 0 Å². The molecule has 0 saturated heterocycles. The van der Waals surface area contributed by atoms with Crippen LogP contribution in [0.15, 0.2) is 102 Å². The average Bonchev–Trinajstić information content (AvgIpc) is 3.00. The fourth-order valence-electron chi connectivity index (χ4n) is 4.83. The maximum absolute atomic E-state index is 14.4. The van der Waals surface area contributed by atoms with E-state index in [1.165, 1.54) is 17.0 Å². The van der Waals surface area contributed by atoms with E-state index >= 15 is 0 Å². The molecule has 0 heterocycles. The Morgan fingerprint density at radius 1 is 0.795 bits per heavy atom. The Kier molecular flexibility index (Phi) is 11.1. The van der Waals surface area contributed by atoms with Crippen LogP contribution in [0.1, 0.15) is 29.2 Å². The molecule has 0 radical (unpaired) electrons. The van der Waals surface area contributed by atoms with Gasteiger partial charge in [-0.05, 0) is 73.9 Å². The normalized spacial score (nSPS) is 11.9. The Morgan fingerprint density at radius 2 is 1.50 bits per heavy atom. The summed E-state index contributed by atoms with van der Waals surface area (Å²) in [6.07, 6.45) is 0.217. The van der Waals surface area contributed by atoms with E-state index in [1.54, 1.807) is 55.5 Å². The molecular formula is C34H35Cl2N3O4S. The maximum atomic E-state index is 14.4. The van der Waals surface area contributed by atoms with Gasteiger partial charge in [0.25, 0.3) is 10.0 Å². The summed E-state index contributed by atoms with van der Waals surface area (Å²) in [6, 6.07) is 26.9. The second-order valence-corrected chi connectivity index (χ2v) is 13.2. The Hall–Kier alpha value is -3.85. The molecule has 0 bridgehead atoms. The van der Waals surface area contributed by atoms with Crippen LogP contribution in [-0.2, 0) is 32.6 Å². The van der Waals surface area contributed by atoms with Gasteiger partial charge in [-0.2, -0.15) is 0 Å². The van der Waals surface area contributed by atoms with Crippen molar-refractivity contribution in [2.75, 3.05) is 17.4 Å². The first kappa shape index (κ1) is 33.1. The van der Waals surface area contributed by atoms with Gasteiger partial charge in [0.15, 0.2) is 0 Å². The van der Waals surface area contributed by atoms with Crippen LogP contribution >= 0.6 is 23.2 Å². The summed E-state index contributed by atoms with van der Waals surface area (Å²) in [5.41, 5.74) is 3.56. The van der Waals surface area contributed by atoms with Crippen LogP contribution in [-0.4, -0.2) is 44.3 Å². The minimum atomic E-state index is -4.17. The van der Waals surface area contributed by atoms with E-state index in [0.29, 0.717) is 27.8 Å². The molecule has 230 valence electrons. The summed E-state index contributed by atoms with van der Waals surface area (Å²) in [4.78, 5) is 29.5. The van der Waals surface area contributed by atoms with Gasteiger partial charge in [0.05, 0.1) is 20.6 Å². The van der Waals surface area contributed by atoms with Crippen molar-refractivity contribution >= 4 is 50.7 Å². The van der Waals surface area contributed by atoms with Crippen molar-refractivity contribution in [3.05, 3.63) is 129 Å². The lowest BCUT2D eigenvalue weighted by molar-refractivity contribution is -0.140. The van der Waals surface area contributed by atoms with Crippen LogP contribution in [0.5, 0.6) is 0 Å². The zero-order chi connectivity index (χ0) is 31.9. The third-order valence-electron chi connectivity index (χ3n) is 7.14. The summed E-state index contributed by atoms with van der Waals surface area (Å²) >= 11 is 12.5. The number of aryl methyl sites for hydroxylation is 2. The molecule has 0 aliphatic carbocycles. The highest BCUT2D eigenvalue weighted by molar-refractivity contribution is 7.92. The number of likely N-dealkylation sites (N-methyl/N-ethyl adjacent to an activating group) is 1. The van der Waals surface area contributed by atoms with E-state index in [1.807, 2.05) is 50.2 Å². The van der Waals surface area contributed by atoms with Crippen LogP contribution in [0, 0.1) is 13.8 Å². The first-order valence-corrected chi connectivity index (χ1v) is 16.4. The van der Waals surface area contributed by atoms with E-state index in [4.69, 9.17) is 23.2 Å². The van der Waals surface area contributed by atoms with Crippen molar-refractivity contribution in [1.82, 2.24) is 10.2 Å². The lowest BCUT2D eigenvalue weighted by Gasteiger charge is -2.34. The molecule has 2 amide bonds. The Morgan fingerprint density at radius 3 is 2.14 bits per heavy atom. The summed E-state index contributed by atoms with van der Waals surface area (Å²) in [5, 5.41) is 3.51. The second-order valence-electron chi connectivity index (χ2n) is 10.5. The van der Waals surface area contributed by atoms with Crippen molar-refractivity contribution in [1.29, 1.82) is 0 Å². The van der Waals surface area contributed by atoms with Gasteiger partial charge >= 0.3 is 0 Å². The Bertz CT molecular complexity index is 1710. The smallest absolute Gasteiger partial charge is 0.264 e. The van der Waals surface area contributed by atoms with E-state index in [0.717, 1.165) is 21.0 Å².